The van der Waals surface area contributed by atoms with Crippen LogP contribution in [-0.2, 0) is 0 Å². The van der Waals surface area contributed by atoms with Crippen LogP contribution in [0, 0.1) is 25.5 Å². The highest BCUT2D eigenvalue weighted by molar-refractivity contribution is 7.13. The number of halogens is 2. The molecule has 2 aromatic carbocycles. The summed E-state index contributed by atoms with van der Waals surface area (Å²) < 4.78 is 25.6. The molecule has 0 N–H and O–H groups in total. The van der Waals surface area contributed by atoms with Crippen LogP contribution < -0.4 is 0 Å². The van der Waals surface area contributed by atoms with Crippen LogP contribution in [-0.4, -0.2) is 0 Å². The molecule has 0 nitrogen and oxygen atoms in total. The van der Waals surface area contributed by atoms with E-state index in [1.165, 1.54) is 45.0 Å². The van der Waals surface area contributed by atoms with E-state index in [-0.39, 0.29) is 0 Å². The fraction of sp³-hybridized carbons (Fsp3) is 0.231. The average Bonchev–Trinajstić information content (AvgIpc) is 3.45. The molecule has 4 rings (SSSR count). The third-order valence-electron chi connectivity index (χ3n) is 3.70. The molecule has 0 spiro atoms. The Kier molecular flexibility index (Phi) is 11.9. The molecule has 0 saturated heterocycles. The van der Waals surface area contributed by atoms with Crippen LogP contribution in [0.3, 0.4) is 0 Å². The zero-order valence-electron chi connectivity index (χ0n) is 18.5. The zero-order chi connectivity index (χ0) is 22.5. The lowest BCUT2D eigenvalue weighted by Gasteiger charge is -2.01. The van der Waals surface area contributed by atoms with Crippen molar-refractivity contribution in [3.05, 3.63) is 94.2 Å². The Morgan fingerprint density at radius 3 is 1.33 bits per heavy atom. The molecule has 0 saturated carbocycles. The standard InChI is InChI=1S/C12H12S.C10H6F2S.2C2H6/c1-9-6-10(2)8-11(7-9)12-4-3-5-13-12;11-8-4-7(5-9(12)6-8)10-2-1-3-13-10;2*1-2/h3-8H,1-2H3;1-6H;2*1-2H3. The van der Waals surface area contributed by atoms with Gasteiger partial charge in [0.1, 0.15) is 11.6 Å². The summed E-state index contributed by atoms with van der Waals surface area (Å²) in [5.41, 5.74) is 4.60. The fourth-order valence-electron chi connectivity index (χ4n) is 2.70. The van der Waals surface area contributed by atoms with Gasteiger partial charge in [-0.25, -0.2) is 8.78 Å². The number of aryl methyl sites for hydroxylation is 2. The van der Waals surface area contributed by atoms with E-state index in [4.69, 9.17) is 0 Å². The number of hydrogen-bond acceptors (Lipinski definition) is 2. The van der Waals surface area contributed by atoms with Gasteiger partial charge in [0, 0.05) is 15.8 Å². The summed E-state index contributed by atoms with van der Waals surface area (Å²) in [5, 5.41) is 3.99. The minimum Gasteiger partial charge on any atom is -0.207 e. The third kappa shape index (κ3) is 8.21. The van der Waals surface area contributed by atoms with Crippen molar-refractivity contribution < 1.29 is 8.78 Å². The number of thiophene rings is 2. The van der Waals surface area contributed by atoms with Crippen LogP contribution >= 0.6 is 22.7 Å². The van der Waals surface area contributed by atoms with E-state index in [9.17, 15) is 8.78 Å². The van der Waals surface area contributed by atoms with Crippen molar-refractivity contribution in [2.24, 2.45) is 0 Å². The predicted octanol–water partition coefficient (Wildman–Crippen LogP) is 9.78. The van der Waals surface area contributed by atoms with Crippen molar-refractivity contribution >= 4 is 22.7 Å². The Morgan fingerprint density at radius 2 is 0.967 bits per heavy atom. The Morgan fingerprint density at radius 1 is 0.567 bits per heavy atom. The Hall–Kier alpha value is -2.30. The van der Waals surface area contributed by atoms with Gasteiger partial charge in [0.25, 0.3) is 0 Å². The molecule has 0 fully saturated rings. The molecule has 2 heterocycles. The van der Waals surface area contributed by atoms with Crippen LogP contribution in [0.5, 0.6) is 0 Å². The van der Waals surface area contributed by atoms with Gasteiger partial charge in [-0.05, 0) is 60.0 Å². The molecule has 4 heteroatoms. The summed E-state index contributed by atoms with van der Waals surface area (Å²) in [7, 11) is 0. The summed E-state index contributed by atoms with van der Waals surface area (Å²) in [6, 6.07) is 18.1. The SMILES string of the molecule is CC.CC.Cc1cc(C)cc(-c2cccs2)c1.Fc1cc(F)cc(-c2cccs2)c1. The first-order valence-corrected chi connectivity index (χ1v) is 11.9. The van der Waals surface area contributed by atoms with E-state index in [1.54, 1.807) is 11.3 Å². The van der Waals surface area contributed by atoms with Crippen LogP contribution in [0.1, 0.15) is 38.8 Å². The second-order valence-electron chi connectivity index (χ2n) is 5.99. The molecule has 0 aliphatic heterocycles. The zero-order valence-corrected chi connectivity index (χ0v) is 20.1. The van der Waals surface area contributed by atoms with Crippen LogP contribution in [0.25, 0.3) is 20.9 Å². The van der Waals surface area contributed by atoms with E-state index >= 15 is 0 Å². The molecule has 30 heavy (non-hydrogen) atoms. The molecule has 0 aliphatic rings. The van der Waals surface area contributed by atoms with Gasteiger partial charge in [-0.3, -0.25) is 0 Å². The Labute approximate surface area is 187 Å². The van der Waals surface area contributed by atoms with E-state index < -0.39 is 11.6 Å². The molecule has 2 aromatic heterocycles. The lowest BCUT2D eigenvalue weighted by atomic mass is 10.1. The minimum absolute atomic E-state index is 0.539. The Balaban J connectivity index is 0.000000258. The first-order valence-electron chi connectivity index (χ1n) is 10.1. The highest BCUT2D eigenvalue weighted by Gasteiger charge is 2.03. The molecule has 0 bridgehead atoms. The lowest BCUT2D eigenvalue weighted by Crippen LogP contribution is -1.81. The molecule has 0 unspecified atom stereocenters. The van der Waals surface area contributed by atoms with Crippen LogP contribution in [0.2, 0.25) is 0 Å². The van der Waals surface area contributed by atoms with Gasteiger partial charge in [-0.15, -0.1) is 22.7 Å². The molecular weight excluding hydrogens is 414 g/mol. The van der Waals surface area contributed by atoms with Crippen molar-refractivity contribution in [3.63, 3.8) is 0 Å². The summed E-state index contributed by atoms with van der Waals surface area (Å²) in [6.45, 7) is 12.3. The summed E-state index contributed by atoms with van der Waals surface area (Å²) in [6.07, 6.45) is 0. The number of hydrogen-bond donors (Lipinski definition) is 0. The molecule has 4 aromatic rings. The summed E-state index contributed by atoms with van der Waals surface area (Å²) >= 11 is 3.25. The molecule has 0 amide bonds. The van der Waals surface area contributed by atoms with Gasteiger partial charge >= 0.3 is 0 Å². The molecule has 0 aliphatic carbocycles. The van der Waals surface area contributed by atoms with E-state index in [1.807, 2.05) is 45.2 Å². The first kappa shape index (κ1) is 25.7. The van der Waals surface area contributed by atoms with Crippen molar-refractivity contribution in [2.75, 3.05) is 0 Å². The second kappa shape index (κ2) is 13.8. The highest BCUT2D eigenvalue weighted by atomic mass is 32.1. The number of benzene rings is 2. The largest absolute Gasteiger partial charge is 0.207 e. The molecule has 0 radical (unpaired) electrons. The van der Waals surface area contributed by atoms with Crippen molar-refractivity contribution in [3.8, 4) is 20.9 Å². The van der Waals surface area contributed by atoms with Gasteiger partial charge in [0.2, 0.25) is 0 Å². The van der Waals surface area contributed by atoms with Crippen molar-refractivity contribution in [1.82, 2.24) is 0 Å². The maximum absolute atomic E-state index is 12.8. The average molecular weight is 445 g/mol. The van der Waals surface area contributed by atoms with Crippen LogP contribution in [0.15, 0.2) is 71.4 Å². The monoisotopic (exact) mass is 444 g/mol. The lowest BCUT2D eigenvalue weighted by molar-refractivity contribution is 0.584. The van der Waals surface area contributed by atoms with Crippen molar-refractivity contribution in [2.45, 2.75) is 41.5 Å². The minimum atomic E-state index is -0.539. The smallest absolute Gasteiger partial charge is 0.126 e. The van der Waals surface area contributed by atoms with Gasteiger partial charge in [0.15, 0.2) is 0 Å². The van der Waals surface area contributed by atoms with Crippen molar-refractivity contribution in [1.29, 1.82) is 0 Å². The molecule has 0 atom stereocenters. The fourth-order valence-corrected chi connectivity index (χ4v) is 4.13. The maximum atomic E-state index is 12.8. The van der Waals surface area contributed by atoms with Crippen LogP contribution in [0.4, 0.5) is 8.78 Å². The summed E-state index contributed by atoms with van der Waals surface area (Å²) in [4.78, 5) is 2.23. The van der Waals surface area contributed by atoms with Gasteiger partial charge in [0.05, 0.1) is 0 Å². The summed E-state index contributed by atoms with van der Waals surface area (Å²) in [5.74, 6) is -1.08. The van der Waals surface area contributed by atoms with E-state index in [2.05, 4.69) is 49.6 Å². The number of rotatable bonds is 2. The van der Waals surface area contributed by atoms with E-state index in [0.717, 1.165) is 10.9 Å². The normalized spacial score (nSPS) is 9.33. The first-order chi connectivity index (χ1) is 14.5. The maximum Gasteiger partial charge on any atom is 0.126 e. The van der Waals surface area contributed by atoms with E-state index in [0.29, 0.717) is 5.56 Å². The molecule has 160 valence electrons. The van der Waals surface area contributed by atoms with Gasteiger partial charge in [-0.2, -0.15) is 0 Å². The topological polar surface area (TPSA) is 0 Å². The third-order valence-corrected chi connectivity index (χ3v) is 5.53. The van der Waals surface area contributed by atoms with Gasteiger partial charge < -0.3 is 0 Å². The predicted molar refractivity (Wildman–Crippen MR) is 132 cm³/mol. The van der Waals surface area contributed by atoms with Gasteiger partial charge in [-0.1, -0.05) is 69.2 Å². The highest BCUT2D eigenvalue weighted by Crippen LogP contribution is 2.27. The molecular formula is C26H30F2S2. The quantitative estimate of drug-likeness (QED) is 0.288. The Bertz CT molecular complexity index is 850. The second-order valence-corrected chi connectivity index (χ2v) is 7.88.